The molecule has 1 rings (SSSR count). The number of halogens is 3. The minimum Gasteiger partial charge on any atom is -0.423 e. The van der Waals surface area contributed by atoms with Crippen molar-refractivity contribution in [2.24, 2.45) is 0 Å². The first-order valence-electron chi connectivity index (χ1n) is 3.31. The Morgan fingerprint density at radius 3 is 2.00 bits per heavy atom. The third-order valence-electron chi connectivity index (χ3n) is 1.43. The maximum absolute atomic E-state index is 11.9. The summed E-state index contributed by atoms with van der Waals surface area (Å²) < 4.78 is 35.8. The maximum Gasteiger partial charge on any atom is 0.390 e. The molecule has 0 aliphatic heterocycles. The van der Waals surface area contributed by atoms with Crippen LogP contribution in [0, 0.1) is 0 Å². The van der Waals surface area contributed by atoms with Gasteiger partial charge in [0.05, 0.1) is 0 Å². The molecule has 0 saturated carbocycles. The van der Waals surface area contributed by atoms with Crippen molar-refractivity contribution in [2.75, 3.05) is 0 Å². The average Bonchev–Trinajstić information content (AvgIpc) is 2.03. The highest BCUT2D eigenvalue weighted by molar-refractivity contribution is 6.67. The first-order valence-corrected chi connectivity index (χ1v) is 4.98. The standard InChI is InChI=1S/C7H7F3OSi/c8-7(9,10)12(11)6-4-2-1-3-5-6/h1-5,11-12H. The van der Waals surface area contributed by atoms with Crippen molar-refractivity contribution in [1.82, 2.24) is 0 Å². The van der Waals surface area contributed by atoms with Crippen LogP contribution in [0.5, 0.6) is 0 Å². The number of benzene rings is 1. The zero-order valence-electron chi connectivity index (χ0n) is 6.05. The zero-order chi connectivity index (χ0) is 9.19. The normalized spacial score (nSPS) is 14.3. The molecule has 5 heteroatoms. The van der Waals surface area contributed by atoms with Gasteiger partial charge in [0.15, 0.2) is 0 Å². The van der Waals surface area contributed by atoms with Crippen LogP contribution >= 0.6 is 0 Å². The first-order chi connectivity index (χ1) is 5.52. The maximum atomic E-state index is 11.9. The molecule has 0 spiro atoms. The monoisotopic (exact) mass is 192 g/mol. The van der Waals surface area contributed by atoms with Crippen LogP contribution in [0.1, 0.15) is 0 Å². The lowest BCUT2D eigenvalue weighted by atomic mass is 10.4. The molecule has 1 aromatic rings. The van der Waals surface area contributed by atoms with E-state index in [2.05, 4.69) is 0 Å². The first kappa shape index (κ1) is 9.28. The lowest BCUT2D eigenvalue weighted by Crippen LogP contribution is -2.44. The van der Waals surface area contributed by atoms with Crippen LogP contribution in [0.25, 0.3) is 0 Å². The molecule has 0 fully saturated rings. The van der Waals surface area contributed by atoms with Gasteiger partial charge in [0.1, 0.15) is 0 Å². The molecule has 0 aliphatic rings. The summed E-state index contributed by atoms with van der Waals surface area (Å²) >= 11 is 0. The van der Waals surface area contributed by atoms with Gasteiger partial charge < -0.3 is 4.80 Å². The molecule has 0 aromatic heterocycles. The van der Waals surface area contributed by atoms with Gasteiger partial charge in [-0.05, 0) is 5.19 Å². The van der Waals surface area contributed by atoms with Crippen molar-refractivity contribution < 1.29 is 18.0 Å². The molecule has 1 aromatic carbocycles. The summed E-state index contributed by atoms with van der Waals surface area (Å²) in [7, 11) is -3.75. The quantitative estimate of drug-likeness (QED) is 0.650. The zero-order valence-corrected chi connectivity index (χ0v) is 7.20. The van der Waals surface area contributed by atoms with Crippen molar-refractivity contribution in [1.29, 1.82) is 0 Å². The predicted molar refractivity (Wildman–Crippen MR) is 41.5 cm³/mol. The van der Waals surface area contributed by atoms with Gasteiger partial charge in [-0.2, -0.15) is 13.2 Å². The minimum atomic E-state index is -4.44. The van der Waals surface area contributed by atoms with Gasteiger partial charge in [0.2, 0.25) is 0 Å². The minimum absolute atomic E-state index is 0.00463. The van der Waals surface area contributed by atoms with Crippen LogP contribution in [0.3, 0.4) is 0 Å². The van der Waals surface area contributed by atoms with Crippen molar-refractivity contribution in [3.63, 3.8) is 0 Å². The predicted octanol–water partition coefficient (Wildman–Crippen LogP) is 0.711. The van der Waals surface area contributed by atoms with E-state index in [9.17, 15) is 13.2 Å². The Bertz CT molecular complexity index is 247. The smallest absolute Gasteiger partial charge is 0.390 e. The van der Waals surface area contributed by atoms with Crippen LogP contribution < -0.4 is 5.19 Å². The van der Waals surface area contributed by atoms with Gasteiger partial charge in [0, 0.05) is 0 Å². The molecule has 12 heavy (non-hydrogen) atoms. The van der Waals surface area contributed by atoms with Gasteiger partial charge in [-0.25, -0.2) is 0 Å². The number of rotatable bonds is 1. The largest absolute Gasteiger partial charge is 0.423 e. The van der Waals surface area contributed by atoms with Crippen LogP contribution in [-0.2, 0) is 0 Å². The van der Waals surface area contributed by atoms with E-state index in [0.29, 0.717) is 0 Å². The molecule has 0 aliphatic carbocycles. The fraction of sp³-hybridized carbons (Fsp3) is 0.143. The number of hydrogen-bond donors (Lipinski definition) is 1. The highest BCUT2D eigenvalue weighted by Crippen LogP contribution is 2.16. The topological polar surface area (TPSA) is 20.2 Å². The van der Waals surface area contributed by atoms with E-state index in [1.54, 1.807) is 6.07 Å². The summed E-state index contributed by atoms with van der Waals surface area (Å²) in [6, 6.07) is 7.17. The van der Waals surface area contributed by atoms with Crippen LogP contribution in [0.4, 0.5) is 13.2 Å². The molecular formula is C7H7F3OSi. The van der Waals surface area contributed by atoms with Crippen molar-refractivity contribution >= 4 is 14.2 Å². The molecule has 1 unspecified atom stereocenters. The fourth-order valence-electron chi connectivity index (χ4n) is 0.824. The molecule has 0 saturated heterocycles. The van der Waals surface area contributed by atoms with E-state index in [1.165, 1.54) is 24.3 Å². The third kappa shape index (κ3) is 2.08. The molecule has 0 radical (unpaired) electrons. The van der Waals surface area contributed by atoms with E-state index in [4.69, 9.17) is 4.80 Å². The Morgan fingerprint density at radius 2 is 1.58 bits per heavy atom. The second kappa shape index (κ2) is 3.28. The summed E-state index contributed by atoms with van der Waals surface area (Å²) in [5.41, 5.74) is 0. The Kier molecular flexibility index (Phi) is 2.54. The number of alkyl halides is 3. The van der Waals surface area contributed by atoms with E-state index in [1.807, 2.05) is 0 Å². The number of hydrogen-bond acceptors (Lipinski definition) is 1. The van der Waals surface area contributed by atoms with Crippen LogP contribution in [0.2, 0.25) is 0 Å². The van der Waals surface area contributed by atoms with Crippen LogP contribution in [-0.4, -0.2) is 19.6 Å². The van der Waals surface area contributed by atoms with Gasteiger partial charge >= 0.3 is 14.8 Å². The highest BCUT2D eigenvalue weighted by atomic mass is 28.3. The third-order valence-corrected chi connectivity index (χ3v) is 3.06. The second-order valence-corrected chi connectivity index (χ2v) is 4.48. The molecule has 66 valence electrons. The summed E-state index contributed by atoms with van der Waals surface area (Å²) in [5.74, 6) is -4.44. The van der Waals surface area contributed by atoms with Gasteiger partial charge in [0.25, 0.3) is 0 Å². The van der Waals surface area contributed by atoms with Gasteiger partial charge in [-0.15, -0.1) is 0 Å². The summed E-state index contributed by atoms with van der Waals surface area (Å²) in [5, 5.41) is 0.00463. The average molecular weight is 192 g/mol. The molecule has 0 bridgehead atoms. The lowest BCUT2D eigenvalue weighted by molar-refractivity contribution is -0.0599. The summed E-state index contributed by atoms with van der Waals surface area (Å²) in [4.78, 5) is 8.87. The van der Waals surface area contributed by atoms with Gasteiger partial charge in [-0.1, -0.05) is 30.3 Å². The van der Waals surface area contributed by atoms with E-state index >= 15 is 0 Å². The molecule has 1 nitrogen and oxygen atoms in total. The van der Waals surface area contributed by atoms with Gasteiger partial charge in [-0.3, -0.25) is 0 Å². The Hall–Kier alpha value is -0.813. The molecule has 0 heterocycles. The van der Waals surface area contributed by atoms with E-state index in [0.717, 1.165) is 0 Å². The SMILES string of the molecule is O[SiH](c1ccccc1)C(F)(F)F. The summed E-state index contributed by atoms with van der Waals surface area (Å²) in [6.45, 7) is 0. The van der Waals surface area contributed by atoms with E-state index in [-0.39, 0.29) is 5.19 Å². The second-order valence-electron chi connectivity index (χ2n) is 2.35. The summed E-state index contributed by atoms with van der Waals surface area (Å²) in [6.07, 6.45) is 0. The fourth-order valence-corrected chi connectivity index (χ4v) is 1.79. The van der Waals surface area contributed by atoms with E-state index < -0.39 is 14.8 Å². The Labute approximate surface area is 69.2 Å². The van der Waals surface area contributed by atoms with Crippen LogP contribution in [0.15, 0.2) is 30.3 Å². The van der Waals surface area contributed by atoms with Crippen molar-refractivity contribution in [3.05, 3.63) is 30.3 Å². The molecule has 0 amide bonds. The molecular weight excluding hydrogens is 185 g/mol. The molecule has 1 N–H and O–H groups in total. The molecule has 1 atom stereocenters. The Balaban J connectivity index is 2.86. The highest BCUT2D eigenvalue weighted by Gasteiger charge is 2.41. The van der Waals surface area contributed by atoms with Crippen molar-refractivity contribution in [2.45, 2.75) is 5.80 Å². The Morgan fingerprint density at radius 1 is 1.08 bits per heavy atom. The lowest BCUT2D eigenvalue weighted by Gasteiger charge is -2.11. The van der Waals surface area contributed by atoms with Crippen molar-refractivity contribution in [3.8, 4) is 0 Å².